The van der Waals surface area contributed by atoms with Gasteiger partial charge in [0.15, 0.2) is 0 Å². The summed E-state index contributed by atoms with van der Waals surface area (Å²) in [6.45, 7) is 7.96. The fourth-order valence-electron chi connectivity index (χ4n) is 1.73. The predicted molar refractivity (Wildman–Crippen MR) is 81.6 cm³/mol. The molecule has 0 radical (unpaired) electrons. The Morgan fingerprint density at radius 1 is 1.10 bits per heavy atom. The summed E-state index contributed by atoms with van der Waals surface area (Å²) in [6.07, 6.45) is -0.273. The largest absolute Gasteiger partial charge is 0.444 e. The lowest BCUT2D eigenvalue weighted by atomic mass is 10.2. The molecule has 4 nitrogen and oxygen atoms in total. The Bertz CT molecular complexity index is 412. The molecule has 0 aliphatic carbocycles. The first-order valence-corrected chi connectivity index (χ1v) is 6.94. The van der Waals surface area contributed by atoms with E-state index < -0.39 is 5.60 Å². The third-order valence-electron chi connectivity index (χ3n) is 2.82. The molecule has 112 valence electrons. The van der Waals surface area contributed by atoms with Crippen molar-refractivity contribution in [3.63, 3.8) is 0 Å². The smallest absolute Gasteiger partial charge is 0.410 e. The van der Waals surface area contributed by atoms with Crippen LogP contribution in [-0.2, 0) is 11.3 Å². The Labute approximate surface area is 122 Å². The van der Waals surface area contributed by atoms with Gasteiger partial charge in [0.2, 0.25) is 0 Å². The number of amides is 1. The number of ether oxygens (including phenoxy) is 1. The van der Waals surface area contributed by atoms with Crippen molar-refractivity contribution >= 4 is 6.09 Å². The Morgan fingerprint density at radius 3 is 2.25 bits per heavy atom. The van der Waals surface area contributed by atoms with Crippen molar-refractivity contribution in [2.45, 2.75) is 32.9 Å². The Kier molecular flexibility index (Phi) is 6.02. The molecule has 0 saturated heterocycles. The molecule has 0 N–H and O–H groups in total. The monoisotopic (exact) mass is 278 g/mol. The highest BCUT2D eigenvalue weighted by atomic mass is 16.6. The summed E-state index contributed by atoms with van der Waals surface area (Å²) in [5.41, 5.74) is 0.830. The van der Waals surface area contributed by atoms with Gasteiger partial charge >= 0.3 is 6.09 Å². The van der Waals surface area contributed by atoms with Crippen LogP contribution in [0.15, 0.2) is 30.3 Å². The molecular formula is C16H26N2O2. The topological polar surface area (TPSA) is 32.8 Å². The third kappa shape index (κ3) is 6.57. The highest BCUT2D eigenvalue weighted by Gasteiger charge is 2.19. The minimum atomic E-state index is -0.443. The van der Waals surface area contributed by atoms with Crippen LogP contribution in [0.1, 0.15) is 26.3 Å². The van der Waals surface area contributed by atoms with Crippen LogP contribution in [0.5, 0.6) is 0 Å². The maximum atomic E-state index is 11.8. The maximum Gasteiger partial charge on any atom is 0.410 e. The molecule has 1 aromatic rings. The zero-order valence-electron chi connectivity index (χ0n) is 13.2. The Balaban J connectivity index is 2.33. The maximum absolute atomic E-state index is 11.8. The van der Waals surface area contributed by atoms with Gasteiger partial charge in [0, 0.05) is 26.7 Å². The van der Waals surface area contributed by atoms with Crippen LogP contribution in [0.4, 0.5) is 4.79 Å². The summed E-state index contributed by atoms with van der Waals surface area (Å²) in [5.74, 6) is 0. The van der Waals surface area contributed by atoms with E-state index in [2.05, 4.69) is 24.1 Å². The van der Waals surface area contributed by atoms with Gasteiger partial charge in [0.05, 0.1) is 0 Å². The zero-order chi connectivity index (χ0) is 15.2. The second kappa shape index (κ2) is 7.29. The minimum Gasteiger partial charge on any atom is -0.444 e. The fraction of sp³-hybridized carbons (Fsp3) is 0.562. The van der Waals surface area contributed by atoms with E-state index in [1.165, 1.54) is 5.56 Å². The second-order valence-electron chi connectivity index (χ2n) is 6.13. The normalized spacial score (nSPS) is 11.5. The van der Waals surface area contributed by atoms with E-state index in [1.807, 2.05) is 39.0 Å². The Morgan fingerprint density at radius 2 is 1.70 bits per heavy atom. The van der Waals surface area contributed by atoms with E-state index in [9.17, 15) is 4.79 Å². The molecule has 4 heteroatoms. The van der Waals surface area contributed by atoms with Gasteiger partial charge in [-0.2, -0.15) is 0 Å². The summed E-state index contributed by atoms with van der Waals surface area (Å²) >= 11 is 0. The molecule has 0 unspecified atom stereocenters. The molecule has 0 aromatic heterocycles. The Hall–Kier alpha value is -1.55. The van der Waals surface area contributed by atoms with E-state index in [4.69, 9.17) is 4.74 Å². The van der Waals surface area contributed by atoms with Crippen LogP contribution < -0.4 is 0 Å². The van der Waals surface area contributed by atoms with Crippen LogP contribution in [0.3, 0.4) is 0 Å². The lowest BCUT2D eigenvalue weighted by molar-refractivity contribution is 0.0286. The van der Waals surface area contributed by atoms with Crippen LogP contribution in [0, 0.1) is 0 Å². The van der Waals surface area contributed by atoms with Crippen LogP contribution >= 0.6 is 0 Å². The number of carbonyl (C=O) groups is 1. The van der Waals surface area contributed by atoms with E-state index >= 15 is 0 Å². The molecule has 0 heterocycles. The first-order chi connectivity index (χ1) is 9.28. The van der Waals surface area contributed by atoms with E-state index in [0.29, 0.717) is 6.54 Å². The van der Waals surface area contributed by atoms with E-state index in [-0.39, 0.29) is 6.09 Å². The number of hydrogen-bond acceptors (Lipinski definition) is 3. The molecule has 0 saturated carbocycles. The lowest BCUT2D eigenvalue weighted by Gasteiger charge is -2.26. The molecule has 1 aromatic carbocycles. The predicted octanol–water partition coefficient (Wildman–Crippen LogP) is 2.99. The fourth-order valence-corrected chi connectivity index (χ4v) is 1.73. The number of likely N-dealkylation sites (N-methyl/N-ethyl adjacent to an activating group) is 2. The number of benzene rings is 1. The molecule has 1 amide bonds. The average Bonchev–Trinajstić information content (AvgIpc) is 2.35. The highest BCUT2D eigenvalue weighted by Crippen LogP contribution is 2.09. The van der Waals surface area contributed by atoms with Gasteiger partial charge in [0.25, 0.3) is 0 Å². The molecule has 20 heavy (non-hydrogen) atoms. The standard InChI is InChI=1S/C16H26N2O2/c1-16(2,3)20-15(19)18(5)12-11-17(4)13-14-9-7-6-8-10-14/h6-10H,11-13H2,1-5H3. The quantitative estimate of drug-likeness (QED) is 0.830. The van der Waals surface area contributed by atoms with Crippen LogP contribution in [0.25, 0.3) is 0 Å². The summed E-state index contributed by atoms with van der Waals surface area (Å²) in [5, 5.41) is 0. The van der Waals surface area contributed by atoms with E-state index in [0.717, 1.165) is 13.1 Å². The molecule has 0 fully saturated rings. The summed E-state index contributed by atoms with van der Waals surface area (Å²) < 4.78 is 5.32. The SMILES string of the molecule is CN(CCN(C)C(=O)OC(C)(C)C)Cc1ccccc1. The lowest BCUT2D eigenvalue weighted by Crippen LogP contribution is -2.38. The van der Waals surface area contributed by atoms with Crippen molar-refractivity contribution in [3.8, 4) is 0 Å². The summed E-state index contributed by atoms with van der Waals surface area (Å²) in [7, 11) is 3.82. The van der Waals surface area contributed by atoms with Gasteiger partial charge in [-0.1, -0.05) is 30.3 Å². The van der Waals surface area contributed by atoms with Crippen molar-refractivity contribution in [1.82, 2.24) is 9.80 Å². The number of nitrogens with zero attached hydrogens (tertiary/aromatic N) is 2. The molecule has 0 aliphatic rings. The minimum absolute atomic E-state index is 0.273. The number of rotatable bonds is 5. The second-order valence-corrected chi connectivity index (χ2v) is 6.13. The summed E-state index contributed by atoms with van der Waals surface area (Å²) in [4.78, 5) is 15.6. The van der Waals surface area contributed by atoms with Crippen molar-refractivity contribution in [1.29, 1.82) is 0 Å². The number of carbonyl (C=O) groups excluding carboxylic acids is 1. The molecule has 0 bridgehead atoms. The van der Waals surface area contributed by atoms with Gasteiger partial charge in [-0.15, -0.1) is 0 Å². The van der Waals surface area contributed by atoms with E-state index in [1.54, 1.807) is 11.9 Å². The molecule has 0 atom stereocenters. The van der Waals surface area contributed by atoms with Gasteiger partial charge < -0.3 is 14.5 Å². The third-order valence-corrected chi connectivity index (χ3v) is 2.82. The van der Waals surface area contributed by atoms with Crippen molar-refractivity contribution in [3.05, 3.63) is 35.9 Å². The molecular weight excluding hydrogens is 252 g/mol. The van der Waals surface area contributed by atoms with Gasteiger partial charge in [0.1, 0.15) is 5.60 Å². The zero-order valence-corrected chi connectivity index (χ0v) is 13.2. The van der Waals surface area contributed by atoms with Gasteiger partial charge in [-0.3, -0.25) is 0 Å². The first-order valence-electron chi connectivity index (χ1n) is 6.94. The van der Waals surface area contributed by atoms with Crippen molar-refractivity contribution in [2.24, 2.45) is 0 Å². The van der Waals surface area contributed by atoms with Crippen molar-refractivity contribution < 1.29 is 9.53 Å². The first kappa shape index (κ1) is 16.5. The molecule has 1 rings (SSSR count). The molecule has 0 spiro atoms. The van der Waals surface area contributed by atoms with Crippen LogP contribution in [-0.4, -0.2) is 48.7 Å². The van der Waals surface area contributed by atoms with Crippen LogP contribution in [0.2, 0.25) is 0 Å². The highest BCUT2D eigenvalue weighted by molar-refractivity contribution is 5.67. The summed E-state index contributed by atoms with van der Waals surface area (Å²) in [6, 6.07) is 10.3. The number of hydrogen-bond donors (Lipinski definition) is 0. The average molecular weight is 278 g/mol. The van der Waals surface area contributed by atoms with Gasteiger partial charge in [-0.25, -0.2) is 4.79 Å². The van der Waals surface area contributed by atoms with Crippen molar-refractivity contribution in [2.75, 3.05) is 27.2 Å². The van der Waals surface area contributed by atoms with Gasteiger partial charge in [-0.05, 0) is 33.4 Å². The molecule has 0 aliphatic heterocycles.